The summed E-state index contributed by atoms with van der Waals surface area (Å²) in [6.07, 6.45) is 3.67. The Morgan fingerprint density at radius 3 is 2.07 bits per heavy atom. The highest BCUT2D eigenvalue weighted by molar-refractivity contribution is 7.52. The Kier molecular flexibility index (Phi) is 5.09. The standard InChI is InChI=1S/C18H26O.C3H7O4P/c1-11-8-14(16(19)9-12(11)2)15-10-13-6-7-18(15,5)17(13,3)4;1-2-3(7-2)8(4,5)6/h8-9,13,15,19H,6-7,10H2,1-5H3;2-3H,1H3,(H2,4,5,6)/t;2-,3+/m.0/s1. The molecule has 1 aromatic carbocycles. The number of phenols is 1. The van der Waals surface area contributed by atoms with Crippen LogP contribution in [0.1, 0.15) is 69.6 Å². The van der Waals surface area contributed by atoms with Gasteiger partial charge in [-0.2, -0.15) is 0 Å². The van der Waals surface area contributed by atoms with Crippen molar-refractivity contribution in [2.24, 2.45) is 16.7 Å². The molecular weight excluding hydrogens is 363 g/mol. The lowest BCUT2D eigenvalue weighted by Crippen LogP contribution is -2.31. The number of benzene rings is 1. The van der Waals surface area contributed by atoms with E-state index in [1.165, 1.54) is 36.0 Å². The maximum Gasteiger partial charge on any atom is 0.356 e. The minimum atomic E-state index is -3.90. The number of epoxide rings is 1. The molecule has 27 heavy (non-hydrogen) atoms. The minimum Gasteiger partial charge on any atom is -0.508 e. The predicted octanol–water partition coefficient (Wildman–Crippen LogP) is 4.85. The van der Waals surface area contributed by atoms with Gasteiger partial charge in [-0.1, -0.05) is 26.8 Å². The average Bonchev–Trinajstić information content (AvgIpc) is 3.20. The number of hydrogen-bond acceptors (Lipinski definition) is 3. The lowest BCUT2D eigenvalue weighted by atomic mass is 9.65. The number of aromatic hydroxyl groups is 1. The van der Waals surface area contributed by atoms with Crippen LogP contribution in [-0.4, -0.2) is 26.8 Å². The van der Waals surface area contributed by atoms with Crippen LogP contribution in [0.2, 0.25) is 0 Å². The number of phenolic OH excluding ortho intramolecular Hbond substituents is 1. The highest BCUT2D eigenvalue weighted by Crippen LogP contribution is 2.71. The molecule has 3 fully saturated rings. The van der Waals surface area contributed by atoms with Gasteiger partial charge in [0.2, 0.25) is 0 Å². The van der Waals surface area contributed by atoms with Crippen molar-refractivity contribution in [3.63, 3.8) is 0 Å². The third-order valence-electron chi connectivity index (χ3n) is 7.82. The molecule has 1 saturated heterocycles. The van der Waals surface area contributed by atoms with Gasteiger partial charge in [0.05, 0.1) is 6.10 Å². The summed E-state index contributed by atoms with van der Waals surface area (Å²) in [5.41, 5.74) is 4.44. The fraction of sp³-hybridized carbons (Fsp3) is 0.714. The molecular formula is C21H33O5P. The second kappa shape index (κ2) is 6.59. The number of ether oxygens (including phenoxy) is 1. The van der Waals surface area contributed by atoms with Gasteiger partial charge in [0.15, 0.2) is 5.85 Å². The molecule has 0 aromatic heterocycles. The van der Waals surface area contributed by atoms with Crippen molar-refractivity contribution in [1.82, 2.24) is 0 Å². The molecule has 6 heteroatoms. The Bertz CT molecular complexity index is 783. The molecule has 5 atom stereocenters. The maximum absolute atomic E-state index is 10.4. The van der Waals surface area contributed by atoms with Gasteiger partial charge >= 0.3 is 7.60 Å². The van der Waals surface area contributed by atoms with E-state index in [-0.39, 0.29) is 6.10 Å². The van der Waals surface area contributed by atoms with Gasteiger partial charge < -0.3 is 19.6 Å². The Balaban J connectivity index is 0.000000221. The largest absolute Gasteiger partial charge is 0.508 e. The molecule has 3 N–H and O–H groups in total. The number of hydrogen-bond donors (Lipinski definition) is 3. The molecule has 2 saturated carbocycles. The molecule has 2 aliphatic carbocycles. The van der Waals surface area contributed by atoms with E-state index in [2.05, 4.69) is 45.4 Å². The van der Waals surface area contributed by atoms with Crippen LogP contribution in [0, 0.1) is 30.6 Å². The van der Waals surface area contributed by atoms with Crippen molar-refractivity contribution in [2.45, 2.75) is 78.7 Å². The van der Waals surface area contributed by atoms with E-state index in [1.54, 1.807) is 6.92 Å². The molecule has 0 spiro atoms. The Morgan fingerprint density at radius 2 is 1.70 bits per heavy atom. The van der Waals surface area contributed by atoms with Gasteiger partial charge in [0, 0.05) is 0 Å². The summed E-state index contributed by atoms with van der Waals surface area (Å²) in [6, 6.07) is 4.18. The first-order valence-corrected chi connectivity index (χ1v) is 11.5. The van der Waals surface area contributed by atoms with E-state index >= 15 is 0 Å². The monoisotopic (exact) mass is 396 g/mol. The molecule has 4 rings (SSSR count). The van der Waals surface area contributed by atoms with E-state index in [0.29, 0.717) is 22.5 Å². The fourth-order valence-electron chi connectivity index (χ4n) is 5.30. The molecule has 3 unspecified atom stereocenters. The quantitative estimate of drug-likeness (QED) is 0.491. The molecule has 2 bridgehead atoms. The SMILES string of the molecule is C[C@@H]1O[C@@H]1P(=O)(O)O.Cc1cc(O)c(C2CC3CCC2(C)C3(C)C)cc1C. The van der Waals surface area contributed by atoms with Gasteiger partial charge in [0.25, 0.3) is 0 Å². The van der Waals surface area contributed by atoms with Crippen molar-refractivity contribution in [2.75, 3.05) is 0 Å². The molecule has 1 aromatic rings. The van der Waals surface area contributed by atoms with Crippen LogP contribution in [-0.2, 0) is 9.30 Å². The number of rotatable bonds is 2. The first-order valence-electron chi connectivity index (χ1n) is 9.80. The Hall–Kier alpha value is -0.870. The highest BCUT2D eigenvalue weighted by Gasteiger charge is 2.61. The topological polar surface area (TPSA) is 90.3 Å². The van der Waals surface area contributed by atoms with E-state index in [0.717, 1.165) is 5.92 Å². The number of aryl methyl sites for hydroxylation is 2. The molecule has 0 amide bonds. The average molecular weight is 396 g/mol. The number of fused-ring (bicyclic) bond motifs is 2. The molecule has 5 nitrogen and oxygen atoms in total. The van der Waals surface area contributed by atoms with Crippen LogP contribution in [0.5, 0.6) is 5.75 Å². The van der Waals surface area contributed by atoms with Crippen molar-refractivity contribution < 1.29 is 24.2 Å². The van der Waals surface area contributed by atoms with Crippen molar-refractivity contribution in [3.05, 3.63) is 28.8 Å². The van der Waals surface area contributed by atoms with Gasteiger partial charge in [0.1, 0.15) is 5.75 Å². The van der Waals surface area contributed by atoms with Crippen LogP contribution in [0.4, 0.5) is 0 Å². The van der Waals surface area contributed by atoms with Crippen molar-refractivity contribution in [1.29, 1.82) is 0 Å². The molecule has 0 radical (unpaired) electrons. The zero-order valence-corrected chi connectivity index (χ0v) is 18.1. The second-order valence-corrected chi connectivity index (χ2v) is 11.2. The third kappa shape index (κ3) is 3.48. The van der Waals surface area contributed by atoms with E-state index in [1.807, 2.05) is 6.07 Å². The smallest absolute Gasteiger partial charge is 0.356 e. The summed E-state index contributed by atoms with van der Waals surface area (Å²) in [7, 11) is -3.90. The second-order valence-electron chi connectivity index (χ2n) is 9.48. The lowest BCUT2D eigenvalue weighted by molar-refractivity contribution is 0.133. The molecule has 1 heterocycles. The van der Waals surface area contributed by atoms with Gasteiger partial charge in [-0.3, -0.25) is 4.57 Å². The van der Waals surface area contributed by atoms with E-state index < -0.39 is 13.4 Å². The zero-order chi connectivity index (χ0) is 20.4. The van der Waals surface area contributed by atoms with Crippen LogP contribution in [0.3, 0.4) is 0 Å². The molecule has 1 aliphatic heterocycles. The predicted molar refractivity (Wildman–Crippen MR) is 106 cm³/mol. The van der Waals surface area contributed by atoms with Gasteiger partial charge in [-0.25, -0.2) is 0 Å². The summed E-state index contributed by atoms with van der Waals surface area (Å²) < 4.78 is 14.7. The summed E-state index contributed by atoms with van der Waals surface area (Å²) >= 11 is 0. The minimum absolute atomic E-state index is 0.254. The van der Waals surface area contributed by atoms with Crippen LogP contribution >= 0.6 is 7.60 Å². The summed E-state index contributed by atoms with van der Waals surface area (Å²) in [5, 5.41) is 10.4. The Morgan fingerprint density at radius 1 is 1.15 bits per heavy atom. The first-order chi connectivity index (χ1) is 12.3. The zero-order valence-electron chi connectivity index (χ0n) is 17.2. The fourth-order valence-corrected chi connectivity index (χ4v) is 6.20. The Labute approximate surface area is 162 Å². The van der Waals surface area contributed by atoms with Crippen molar-refractivity contribution in [3.8, 4) is 5.75 Å². The van der Waals surface area contributed by atoms with E-state index in [9.17, 15) is 9.67 Å². The van der Waals surface area contributed by atoms with Crippen LogP contribution in [0.25, 0.3) is 0 Å². The van der Waals surface area contributed by atoms with Crippen molar-refractivity contribution >= 4 is 7.60 Å². The van der Waals surface area contributed by atoms with Crippen LogP contribution in [0.15, 0.2) is 12.1 Å². The first kappa shape index (κ1) is 20.9. The van der Waals surface area contributed by atoms with Crippen LogP contribution < -0.4 is 0 Å². The highest BCUT2D eigenvalue weighted by atomic mass is 31.2. The maximum atomic E-state index is 10.4. The lowest BCUT2D eigenvalue weighted by Gasteiger charge is -2.40. The molecule has 152 valence electrons. The van der Waals surface area contributed by atoms with Gasteiger partial charge in [-0.15, -0.1) is 0 Å². The van der Waals surface area contributed by atoms with E-state index in [4.69, 9.17) is 9.79 Å². The van der Waals surface area contributed by atoms with Gasteiger partial charge in [-0.05, 0) is 85.5 Å². The summed E-state index contributed by atoms with van der Waals surface area (Å²) in [6.45, 7) is 13.2. The third-order valence-corrected chi connectivity index (χ3v) is 9.03. The molecule has 3 aliphatic rings. The summed E-state index contributed by atoms with van der Waals surface area (Å²) in [5.74, 6) is 1.05. The summed E-state index contributed by atoms with van der Waals surface area (Å²) in [4.78, 5) is 16.6. The normalized spacial score (nSPS) is 36.3.